The Morgan fingerprint density at radius 1 is 1.09 bits per heavy atom. The molecule has 1 aromatic rings. The lowest BCUT2D eigenvalue weighted by Crippen LogP contribution is -2.55. The first-order valence-electron chi connectivity index (χ1n) is 11.0. The highest BCUT2D eigenvalue weighted by molar-refractivity contribution is 6.38. The molecule has 0 bridgehead atoms. The van der Waals surface area contributed by atoms with E-state index in [4.69, 9.17) is 9.47 Å². The van der Waals surface area contributed by atoms with E-state index in [1.54, 1.807) is 6.92 Å². The second-order valence-corrected chi connectivity index (χ2v) is 8.19. The molecule has 1 aromatic carbocycles. The third-order valence-corrected chi connectivity index (χ3v) is 4.95. The van der Waals surface area contributed by atoms with Crippen LogP contribution in [-0.2, 0) is 30.3 Å². The zero-order valence-corrected chi connectivity index (χ0v) is 18.9. The van der Waals surface area contributed by atoms with Crippen molar-refractivity contribution in [1.29, 1.82) is 0 Å². The number of hydrogen-bond acceptors (Lipinski definition) is 6. The van der Waals surface area contributed by atoms with Gasteiger partial charge >= 0.3 is 6.09 Å². The van der Waals surface area contributed by atoms with E-state index in [2.05, 4.69) is 16.0 Å². The summed E-state index contributed by atoms with van der Waals surface area (Å²) in [6.45, 7) is 6.69. The Bertz CT molecular complexity index is 777. The van der Waals surface area contributed by atoms with Crippen LogP contribution in [0.4, 0.5) is 4.79 Å². The van der Waals surface area contributed by atoms with E-state index in [0.717, 1.165) is 5.56 Å². The number of hydrogen-bond donors (Lipinski definition) is 3. The Kier molecular flexibility index (Phi) is 10.1. The lowest BCUT2D eigenvalue weighted by molar-refractivity contribution is -0.140. The van der Waals surface area contributed by atoms with Gasteiger partial charge in [0.25, 0.3) is 5.91 Å². The summed E-state index contributed by atoms with van der Waals surface area (Å²) in [6, 6.07) is 7.13. The molecule has 1 aliphatic heterocycles. The lowest BCUT2D eigenvalue weighted by Gasteiger charge is -2.24. The molecule has 0 aromatic heterocycles. The molecule has 0 aliphatic carbocycles. The van der Waals surface area contributed by atoms with Crippen LogP contribution in [0.2, 0.25) is 0 Å². The summed E-state index contributed by atoms with van der Waals surface area (Å²) in [4.78, 5) is 50.2. The number of likely N-dealkylation sites (N-methyl/N-ethyl adjacent to an activating group) is 1. The number of ether oxygens (including phenoxy) is 2. The molecule has 3 atom stereocenters. The molecular weight excluding hydrogens is 414 g/mol. The largest absolute Gasteiger partial charge is 0.444 e. The minimum Gasteiger partial charge on any atom is -0.444 e. The van der Waals surface area contributed by atoms with Crippen molar-refractivity contribution in [3.63, 3.8) is 0 Å². The van der Waals surface area contributed by atoms with E-state index in [-0.39, 0.29) is 18.4 Å². The van der Waals surface area contributed by atoms with Gasteiger partial charge in [-0.1, -0.05) is 44.2 Å². The standard InChI is InChI=1S/C23H33N3O6/c1-4-24-22(29)20(27)18(13-16-8-6-5-7-9-16)25-21(28)19(12-15(2)3)26-23(30)32-17-10-11-31-14-17/h5-9,15,17-19H,4,10-14H2,1-3H3,(H,24,29)(H,25,28)(H,26,30)/t17-,18-,19-/m0/s1. The summed E-state index contributed by atoms with van der Waals surface area (Å²) in [6.07, 6.45) is 0.0455. The highest BCUT2D eigenvalue weighted by Crippen LogP contribution is 2.11. The Morgan fingerprint density at radius 3 is 2.41 bits per heavy atom. The second kappa shape index (κ2) is 12.8. The molecular formula is C23H33N3O6. The summed E-state index contributed by atoms with van der Waals surface area (Å²) in [5, 5.41) is 7.74. The molecule has 9 heteroatoms. The molecule has 0 unspecified atom stereocenters. The van der Waals surface area contributed by atoms with Gasteiger partial charge in [-0.3, -0.25) is 14.4 Å². The molecule has 0 saturated carbocycles. The number of nitrogens with one attached hydrogen (secondary N) is 3. The number of ketones is 1. The fourth-order valence-electron chi connectivity index (χ4n) is 3.37. The molecule has 0 spiro atoms. The maximum atomic E-state index is 13.0. The van der Waals surface area contributed by atoms with Crippen LogP contribution in [0, 0.1) is 5.92 Å². The third kappa shape index (κ3) is 8.30. The maximum Gasteiger partial charge on any atom is 0.408 e. The van der Waals surface area contributed by atoms with Gasteiger partial charge in [0.1, 0.15) is 18.2 Å². The predicted molar refractivity (Wildman–Crippen MR) is 118 cm³/mol. The van der Waals surface area contributed by atoms with Crippen LogP contribution in [0.5, 0.6) is 0 Å². The molecule has 1 heterocycles. The van der Waals surface area contributed by atoms with Crippen molar-refractivity contribution in [2.75, 3.05) is 19.8 Å². The molecule has 1 fully saturated rings. The lowest BCUT2D eigenvalue weighted by atomic mass is 9.99. The quantitative estimate of drug-likeness (QED) is 0.440. The van der Waals surface area contributed by atoms with Gasteiger partial charge in [0.05, 0.1) is 13.2 Å². The normalized spacial score (nSPS) is 17.3. The van der Waals surface area contributed by atoms with Crippen molar-refractivity contribution in [3.05, 3.63) is 35.9 Å². The van der Waals surface area contributed by atoms with E-state index in [9.17, 15) is 19.2 Å². The van der Waals surface area contributed by atoms with Crippen molar-refractivity contribution < 1.29 is 28.7 Å². The van der Waals surface area contributed by atoms with Crippen molar-refractivity contribution in [1.82, 2.24) is 16.0 Å². The zero-order valence-electron chi connectivity index (χ0n) is 18.9. The fraction of sp³-hybridized carbons (Fsp3) is 0.565. The monoisotopic (exact) mass is 447 g/mol. The van der Waals surface area contributed by atoms with E-state index >= 15 is 0 Å². The summed E-state index contributed by atoms with van der Waals surface area (Å²) < 4.78 is 10.5. The highest BCUT2D eigenvalue weighted by Gasteiger charge is 2.31. The van der Waals surface area contributed by atoms with Gasteiger partial charge in [-0.25, -0.2) is 4.79 Å². The summed E-state index contributed by atoms with van der Waals surface area (Å²) in [5.41, 5.74) is 0.796. The molecule has 1 saturated heterocycles. The predicted octanol–water partition coefficient (Wildman–Crippen LogP) is 1.35. The van der Waals surface area contributed by atoms with E-state index in [1.807, 2.05) is 44.2 Å². The van der Waals surface area contributed by atoms with Crippen molar-refractivity contribution in [2.45, 2.75) is 58.2 Å². The van der Waals surface area contributed by atoms with Crippen LogP contribution in [0.3, 0.4) is 0 Å². The van der Waals surface area contributed by atoms with Crippen LogP contribution in [0.1, 0.15) is 39.2 Å². The Labute approximate surface area is 188 Å². The van der Waals surface area contributed by atoms with Gasteiger partial charge in [0.15, 0.2) is 0 Å². The topological polar surface area (TPSA) is 123 Å². The van der Waals surface area contributed by atoms with E-state index in [0.29, 0.717) is 32.6 Å². The molecule has 9 nitrogen and oxygen atoms in total. The molecule has 0 radical (unpaired) electrons. The van der Waals surface area contributed by atoms with E-state index in [1.165, 1.54) is 0 Å². The summed E-state index contributed by atoms with van der Waals surface area (Å²) in [7, 11) is 0. The molecule has 3 amide bonds. The van der Waals surface area contributed by atoms with Crippen molar-refractivity contribution in [3.8, 4) is 0 Å². The number of Topliss-reactive ketones (excluding diaryl/α,β-unsaturated/α-hetero) is 1. The maximum absolute atomic E-state index is 13.0. The van der Waals surface area contributed by atoms with Crippen LogP contribution in [-0.4, -0.2) is 61.6 Å². The Morgan fingerprint density at radius 2 is 1.81 bits per heavy atom. The number of carbonyl (C=O) groups is 4. The Hall–Kier alpha value is -2.94. The average molecular weight is 448 g/mol. The number of amides is 3. The summed E-state index contributed by atoms with van der Waals surface area (Å²) >= 11 is 0. The van der Waals surface area contributed by atoms with Gasteiger partial charge in [0, 0.05) is 19.4 Å². The number of rotatable bonds is 11. The first kappa shape index (κ1) is 25.3. The van der Waals surface area contributed by atoms with Gasteiger partial charge in [0.2, 0.25) is 11.7 Å². The van der Waals surface area contributed by atoms with Crippen LogP contribution in [0.25, 0.3) is 0 Å². The molecule has 1 aliphatic rings. The van der Waals surface area contributed by atoms with Crippen LogP contribution in [0.15, 0.2) is 30.3 Å². The van der Waals surface area contributed by atoms with Crippen molar-refractivity contribution >= 4 is 23.7 Å². The first-order chi connectivity index (χ1) is 15.3. The second-order valence-electron chi connectivity index (χ2n) is 8.19. The zero-order chi connectivity index (χ0) is 23.5. The molecule has 176 valence electrons. The first-order valence-corrected chi connectivity index (χ1v) is 11.0. The molecule has 3 N–H and O–H groups in total. The molecule has 2 rings (SSSR count). The van der Waals surface area contributed by atoms with Crippen LogP contribution < -0.4 is 16.0 Å². The SMILES string of the molecule is CCNC(=O)C(=O)[C@H](Cc1ccccc1)NC(=O)[C@H](CC(C)C)NC(=O)O[C@H]1CCOC1. The smallest absolute Gasteiger partial charge is 0.408 e. The van der Waals surface area contributed by atoms with Gasteiger partial charge in [-0.05, 0) is 24.8 Å². The van der Waals surface area contributed by atoms with Gasteiger partial charge < -0.3 is 25.4 Å². The number of benzene rings is 1. The van der Waals surface area contributed by atoms with E-state index < -0.39 is 35.8 Å². The molecule has 32 heavy (non-hydrogen) atoms. The van der Waals surface area contributed by atoms with Crippen LogP contribution >= 0.6 is 0 Å². The van der Waals surface area contributed by atoms with Gasteiger partial charge in [-0.2, -0.15) is 0 Å². The average Bonchev–Trinajstić information content (AvgIpc) is 3.25. The number of alkyl carbamates (subject to hydrolysis) is 1. The summed E-state index contributed by atoms with van der Waals surface area (Å²) in [5.74, 6) is -1.95. The highest BCUT2D eigenvalue weighted by atomic mass is 16.6. The Balaban J connectivity index is 2.11. The van der Waals surface area contributed by atoms with Gasteiger partial charge in [-0.15, -0.1) is 0 Å². The van der Waals surface area contributed by atoms with Crippen molar-refractivity contribution in [2.24, 2.45) is 5.92 Å². The minimum atomic E-state index is -1.06. The fourth-order valence-corrected chi connectivity index (χ4v) is 3.37. The minimum absolute atomic E-state index is 0.0903. The third-order valence-electron chi connectivity index (χ3n) is 4.95. The number of carbonyl (C=O) groups excluding carboxylic acids is 4.